The molecule has 0 saturated carbocycles. The Balaban J connectivity index is 1.02. The van der Waals surface area contributed by atoms with Crippen LogP contribution in [0, 0.1) is 11.3 Å². The molecule has 1 aromatic carbocycles. The minimum atomic E-state index is -4.26. The number of alkyl halides is 3. The van der Waals surface area contributed by atoms with Crippen LogP contribution in [0.25, 0.3) is 21.1 Å². The quantitative estimate of drug-likeness (QED) is 0.220. The van der Waals surface area contributed by atoms with Crippen LogP contribution in [0.1, 0.15) is 41.8 Å². The molecule has 242 valence electrons. The van der Waals surface area contributed by atoms with Gasteiger partial charge in [0.15, 0.2) is 0 Å². The molecule has 2 aliphatic rings. The Morgan fingerprint density at radius 1 is 1.04 bits per heavy atom. The molecule has 0 unspecified atom stereocenters. The van der Waals surface area contributed by atoms with Gasteiger partial charge in [-0.2, -0.15) is 18.4 Å². The van der Waals surface area contributed by atoms with Crippen molar-refractivity contribution in [3.8, 4) is 6.07 Å². The third kappa shape index (κ3) is 7.68. The average molecular weight is 651 g/mol. The lowest BCUT2D eigenvalue weighted by Crippen LogP contribution is -2.44. The lowest BCUT2D eigenvalue weighted by molar-refractivity contribution is -0.126. The van der Waals surface area contributed by atoms with Gasteiger partial charge >= 0.3 is 6.18 Å². The number of piperidine rings is 2. The number of hydrogen-bond acceptors (Lipinski definition) is 8. The molecule has 9 nitrogen and oxygen atoms in total. The van der Waals surface area contributed by atoms with Gasteiger partial charge in [-0.05, 0) is 61.6 Å². The summed E-state index contributed by atoms with van der Waals surface area (Å²) in [6, 6.07) is 12.7. The molecular weight excluding hydrogens is 613 g/mol. The average Bonchev–Trinajstić information content (AvgIpc) is 3.61. The third-order valence-electron chi connectivity index (χ3n) is 8.93. The summed E-state index contributed by atoms with van der Waals surface area (Å²) in [6.45, 7) is 9.46. The number of amides is 1. The van der Waals surface area contributed by atoms with E-state index in [4.69, 9.17) is 0 Å². The summed E-state index contributed by atoms with van der Waals surface area (Å²) in [6.07, 6.45) is 1.09. The number of nitriles is 1. The first-order chi connectivity index (χ1) is 22.2. The van der Waals surface area contributed by atoms with Crippen LogP contribution < -0.4 is 10.6 Å². The number of hydrogen-bond donors (Lipinski definition) is 2. The summed E-state index contributed by atoms with van der Waals surface area (Å²) < 4.78 is 40.8. The number of carbonyl (C=O) groups excluding carboxylic acids is 1. The predicted molar refractivity (Wildman–Crippen MR) is 174 cm³/mol. The van der Waals surface area contributed by atoms with Crippen LogP contribution in [0.5, 0.6) is 0 Å². The second kappa shape index (κ2) is 13.8. The second-order valence-corrected chi connectivity index (χ2v) is 13.3. The largest absolute Gasteiger partial charge is 0.393 e. The summed E-state index contributed by atoms with van der Waals surface area (Å²) >= 11 is 1.06. The van der Waals surface area contributed by atoms with Crippen molar-refractivity contribution in [3.05, 3.63) is 65.4 Å². The number of anilines is 1. The number of fused-ring (bicyclic) bond motifs is 2. The highest BCUT2D eigenvalue weighted by Crippen LogP contribution is 2.33. The van der Waals surface area contributed by atoms with E-state index in [1.165, 1.54) is 18.0 Å². The maximum absolute atomic E-state index is 12.9. The van der Waals surface area contributed by atoms with Crippen molar-refractivity contribution in [3.63, 3.8) is 0 Å². The maximum atomic E-state index is 12.9. The van der Waals surface area contributed by atoms with E-state index in [9.17, 15) is 23.2 Å². The van der Waals surface area contributed by atoms with Gasteiger partial charge in [0.25, 0.3) is 0 Å². The van der Waals surface area contributed by atoms with E-state index in [-0.39, 0.29) is 22.9 Å². The Morgan fingerprint density at radius 2 is 1.78 bits per heavy atom. The summed E-state index contributed by atoms with van der Waals surface area (Å²) in [5, 5.41) is 18.0. The Kier molecular flexibility index (Phi) is 9.58. The van der Waals surface area contributed by atoms with Crippen molar-refractivity contribution in [1.82, 2.24) is 29.7 Å². The topological polar surface area (TPSA) is 102 Å². The fourth-order valence-electron chi connectivity index (χ4n) is 6.55. The van der Waals surface area contributed by atoms with Gasteiger partial charge < -0.3 is 20.1 Å². The number of aromatic nitrogens is 3. The van der Waals surface area contributed by atoms with Crippen LogP contribution in [0.15, 0.2) is 49.3 Å². The third-order valence-corrected chi connectivity index (χ3v) is 9.97. The van der Waals surface area contributed by atoms with Gasteiger partial charge in [0.1, 0.15) is 28.7 Å². The minimum Gasteiger partial charge on any atom is -0.367 e. The van der Waals surface area contributed by atoms with Crippen molar-refractivity contribution in [2.24, 2.45) is 0 Å². The van der Waals surface area contributed by atoms with E-state index in [0.29, 0.717) is 21.7 Å². The first-order valence-electron chi connectivity index (χ1n) is 15.6. The van der Waals surface area contributed by atoms with Crippen molar-refractivity contribution < 1.29 is 18.0 Å². The molecule has 2 aliphatic heterocycles. The smallest absolute Gasteiger partial charge is 0.367 e. The lowest BCUT2D eigenvalue weighted by atomic mass is 10.0. The molecule has 5 heterocycles. The summed E-state index contributed by atoms with van der Waals surface area (Å²) in [7, 11) is 0. The molecule has 0 aliphatic carbocycles. The number of benzene rings is 1. The Bertz CT molecular complexity index is 1740. The van der Waals surface area contributed by atoms with Crippen LogP contribution in [0.3, 0.4) is 0 Å². The molecule has 2 fully saturated rings. The molecule has 0 radical (unpaired) electrons. The summed E-state index contributed by atoms with van der Waals surface area (Å²) in [4.78, 5) is 25.7. The first-order valence-corrected chi connectivity index (χ1v) is 16.5. The highest BCUT2D eigenvalue weighted by Gasteiger charge is 2.29. The Labute approximate surface area is 269 Å². The highest BCUT2D eigenvalue weighted by molar-refractivity contribution is 7.18. The Morgan fingerprint density at radius 3 is 2.50 bits per heavy atom. The predicted octanol–water partition coefficient (Wildman–Crippen LogP) is 5.47. The zero-order valence-electron chi connectivity index (χ0n) is 25.5. The van der Waals surface area contributed by atoms with Crippen LogP contribution in [0.4, 0.5) is 19.0 Å². The van der Waals surface area contributed by atoms with Gasteiger partial charge in [0.2, 0.25) is 5.91 Å². The van der Waals surface area contributed by atoms with Crippen molar-refractivity contribution in [2.45, 2.75) is 63.5 Å². The lowest BCUT2D eigenvalue weighted by Gasteiger charge is -2.32. The maximum Gasteiger partial charge on any atom is 0.393 e. The second-order valence-electron chi connectivity index (χ2n) is 12.2. The highest BCUT2D eigenvalue weighted by atomic mass is 32.1. The van der Waals surface area contributed by atoms with Gasteiger partial charge in [-0.3, -0.25) is 9.69 Å². The van der Waals surface area contributed by atoms with Crippen LogP contribution >= 0.6 is 11.3 Å². The van der Waals surface area contributed by atoms with Crippen LogP contribution in [-0.2, 0) is 24.3 Å². The number of rotatable bonds is 10. The molecule has 0 bridgehead atoms. The van der Waals surface area contributed by atoms with Gasteiger partial charge in [0.05, 0.1) is 11.8 Å². The van der Waals surface area contributed by atoms with E-state index in [1.54, 1.807) is 6.07 Å². The van der Waals surface area contributed by atoms with E-state index in [2.05, 4.69) is 65.8 Å². The molecule has 1 amide bonds. The first kappa shape index (κ1) is 32.0. The van der Waals surface area contributed by atoms with E-state index in [0.717, 1.165) is 93.7 Å². The number of likely N-dealkylation sites (tertiary alicyclic amines) is 2. The van der Waals surface area contributed by atoms with Gasteiger partial charge in [0, 0.05) is 73.7 Å². The zero-order valence-corrected chi connectivity index (χ0v) is 26.3. The number of halogens is 3. The molecule has 0 atom stereocenters. The molecule has 0 spiro atoms. The molecule has 4 aromatic rings. The fraction of sp³-hybridized carbons (Fsp3) is 0.455. The fourth-order valence-corrected chi connectivity index (χ4v) is 7.57. The molecule has 3 aromatic heterocycles. The normalized spacial score (nSPS) is 17.3. The van der Waals surface area contributed by atoms with Crippen molar-refractivity contribution >= 4 is 44.2 Å². The number of thiophene rings is 1. The molecule has 6 rings (SSSR count). The monoisotopic (exact) mass is 650 g/mol. The van der Waals surface area contributed by atoms with Gasteiger partial charge in [-0.25, -0.2) is 9.97 Å². The molecular formula is C33H37F3N8OS. The van der Waals surface area contributed by atoms with Crippen molar-refractivity contribution in [1.29, 1.82) is 5.26 Å². The standard InChI is InChI=1S/C33H37F3N8OS/c1-2-30(45)40-24-5-9-42(10-6-24)13-14-44-26(19-37)16-23-15-22(3-4-29(23)44)20-43-11-7-25(8-12-43)41-31-28-17-27(18-33(34,35)36)46-32(28)39-21-38-31/h2-4,15-17,21,24-25H,1,5-14,18,20H2,(H,40,45)(H,38,39,41). The molecule has 2 N–H and O–H groups in total. The number of nitrogens with one attached hydrogen (secondary N) is 2. The van der Waals surface area contributed by atoms with Crippen LogP contribution in [0.2, 0.25) is 0 Å². The van der Waals surface area contributed by atoms with Gasteiger partial charge in [-0.1, -0.05) is 12.6 Å². The van der Waals surface area contributed by atoms with Gasteiger partial charge in [-0.15, -0.1) is 11.3 Å². The van der Waals surface area contributed by atoms with E-state index >= 15 is 0 Å². The SMILES string of the molecule is C=CC(=O)NC1CCN(CCn2c(C#N)cc3cc(CN4CCC(Nc5ncnc6sc(CC(F)(F)F)cc56)CC4)ccc32)CC1. The Hall–Kier alpha value is -3.99. The number of nitrogens with zero attached hydrogens (tertiary/aromatic N) is 6. The van der Waals surface area contributed by atoms with Crippen LogP contribution in [-0.4, -0.2) is 81.2 Å². The molecule has 46 heavy (non-hydrogen) atoms. The molecule has 2 saturated heterocycles. The minimum absolute atomic E-state index is 0.124. The van der Waals surface area contributed by atoms with E-state index in [1.807, 2.05) is 6.07 Å². The molecule has 13 heteroatoms. The van der Waals surface area contributed by atoms with Crippen molar-refractivity contribution in [2.75, 3.05) is 38.0 Å². The zero-order chi connectivity index (χ0) is 32.3. The number of carbonyl (C=O) groups is 1. The van der Waals surface area contributed by atoms with E-state index < -0.39 is 12.6 Å². The summed E-state index contributed by atoms with van der Waals surface area (Å²) in [5.74, 6) is 0.472. The summed E-state index contributed by atoms with van der Waals surface area (Å²) in [5.41, 5.74) is 2.90.